The van der Waals surface area contributed by atoms with Crippen LogP contribution in [0.1, 0.15) is 30.1 Å². The van der Waals surface area contributed by atoms with Crippen molar-refractivity contribution in [3.63, 3.8) is 0 Å². The lowest BCUT2D eigenvalue weighted by atomic mass is 10.1. The van der Waals surface area contributed by atoms with Gasteiger partial charge in [-0.2, -0.15) is 0 Å². The fourth-order valence-electron chi connectivity index (χ4n) is 3.08. The zero-order valence-corrected chi connectivity index (χ0v) is 13.0. The van der Waals surface area contributed by atoms with Crippen LogP contribution in [0.2, 0.25) is 0 Å². The minimum atomic E-state index is -0.383. The van der Waals surface area contributed by atoms with E-state index in [4.69, 9.17) is 4.74 Å². The minimum Gasteiger partial charge on any atom is -0.496 e. The Morgan fingerprint density at radius 3 is 3.00 bits per heavy atom. The number of ether oxygens (including phenoxy) is 1. The molecule has 1 aliphatic heterocycles. The van der Waals surface area contributed by atoms with Crippen molar-refractivity contribution in [3.05, 3.63) is 58.3 Å². The molecule has 1 saturated heterocycles. The molecule has 2 heterocycles. The fourth-order valence-corrected chi connectivity index (χ4v) is 3.08. The van der Waals surface area contributed by atoms with E-state index in [2.05, 4.69) is 9.97 Å². The van der Waals surface area contributed by atoms with Crippen LogP contribution < -0.4 is 10.4 Å². The monoisotopic (exact) mass is 313 g/mol. The number of nitrogens with zero attached hydrogens (tertiary/aromatic N) is 2. The Labute approximate surface area is 134 Å². The summed E-state index contributed by atoms with van der Waals surface area (Å²) in [5, 5.41) is 0. The molecule has 0 unspecified atom stereocenters. The first-order valence-electron chi connectivity index (χ1n) is 7.65. The molecule has 23 heavy (non-hydrogen) atoms. The van der Waals surface area contributed by atoms with E-state index in [1.807, 2.05) is 29.2 Å². The molecule has 0 aliphatic carbocycles. The average molecular weight is 313 g/mol. The summed E-state index contributed by atoms with van der Waals surface area (Å²) >= 11 is 0. The highest BCUT2D eigenvalue weighted by Crippen LogP contribution is 2.31. The lowest BCUT2D eigenvalue weighted by Crippen LogP contribution is -2.33. The second-order valence-corrected chi connectivity index (χ2v) is 5.56. The summed E-state index contributed by atoms with van der Waals surface area (Å²) < 4.78 is 5.31. The number of para-hydroxylation sites is 1. The lowest BCUT2D eigenvalue weighted by molar-refractivity contribution is -0.131. The summed E-state index contributed by atoms with van der Waals surface area (Å²) in [7, 11) is 1.60. The summed E-state index contributed by atoms with van der Waals surface area (Å²) in [6.07, 6.45) is 3.54. The first-order valence-corrected chi connectivity index (χ1v) is 7.65. The van der Waals surface area contributed by atoms with Gasteiger partial charge in [0.15, 0.2) is 0 Å². The van der Waals surface area contributed by atoms with Crippen molar-refractivity contribution in [1.82, 2.24) is 14.9 Å². The van der Waals surface area contributed by atoms with E-state index in [1.54, 1.807) is 13.2 Å². The Morgan fingerprint density at radius 1 is 1.39 bits per heavy atom. The standard InChI is InChI=1S/C17H19N3O3/c1-23-15-7-3-2-5-12(15)11-16(21)20-10-4-6-14(20)13-8-9-18-17(22)19-13/h2-3,5,7-9,14H,4,6,10-11H2,1H3,(H,18,19,22)/t14-/m0/s1. The van der Waals surface area contributed by atoms with E-state index in [1.165, 1.54) is 6.20 Å². The molecule has 120 valence electrons. The third-order valence-electron chi connectivity index (χ3n) is 4.16. The van der Waals surface area contributed by atoms with Crippen molar-refractivity contribution in [1.29, 1.82) is 0 Å². The van der Waals surface area contributed by atoms with Gasteiger partial charge < -0.3 is 14.6 Å². The van der Waals surface area contributed by atoms with Gasteiger partial charge in [0.2, 0.25) is 5.91 Å². The molecule has 0 saturated carbocycles. The topological polar surface area (TPSA) is 75.3 Å². The van der Waals surface area contributed by atoms with Gasteiger partial charge in [-0.25, -0.2) is 9.78 Å². The van der Waals surface area contributed by atoms with Gasteiger partial charge in [-0.15, -0.1) is 0 Å². The molecule has 6 heteroatoms. The van der Waals surface area contributed by atoms with Crippen molar-refractivity contribution in [2.75, 3.05) is 13.7 Å². The van der Waals surface area contributed by atoms with E-state index in [0.29, 0.717) is 12.3 Å². The molecule has 2 aromatic rings. The number of carbonyl (C=O) groups excluding carboxylic acids is 1. The first kappa shape index (κ1) is 15.3. The van der Waals surface area contributed by atoms with E-state index in [-0.39, 0.29) is 24.1 Å². The second kappa shape index (κ2) is 6.64. The molecule has 3 rings (SSSR count). The molecule has 1 fully saturated rings. The van der Waals surface area contributed by atoms with Crippen LogP contribution in [0.25, 0.3) is 0 Å². The van der Waals surface area contributed by atoms with Crippen molar-refractivity contribution in [2.24, 2.45) is 0 Å². The van der Waals surface area contributed by atoms with Gasteiger partial charge in [0.05, 0.1) is 19.6 Å². The number of amides is 1. The number of nitrogens with one attached hydrogen (secondary N) is 1. The van der Waals surface area contributed by atoms with Crippen LogP contribution in [0.3, 0.4) is 0 Å². The van der Waals surface area contributed by atoms with E-state index < -0.39 is 0 Å². The zero-order valence-electron chi connectivity index (χ0n) is 13.0. The molecule has 1 aromatic heterocycles. The van der Waals surface area contributed by atoms with Gasteiger partial charge in [-0.05, 0) is 25.0 Å². The number of benzene rings is 1. The van der Waals surface area contributed by atoms with Gasteiger partial charge >= 0.3 is 5.69 Å². The predicted octanol–water partition coefficient (Wildman–Crippen LogP) is 1.68. The van der Waals surface area contributed by atoms with Crippen molar-refractivity contribution in [3.8, 4) is 5.75 Å². The quantitative estimate of drug-likeness (QED) is 0.932. The van der Waals surface area contributed by atoms with Crippen molar-refractivity contribution < 1.29 is 9.53 Å². The van der Waals surface area contributed by atoms with Crippen LogP contribution in [0.5, 0.6) is 5.75 Å². The number of carbonyl (C=O) groups is 1. The number of rotatable bonds is 4. The smallest absolute Gasteiger partial charge is 0.345 e. The zero-order chi connectivity index (χ0) is 16.2. The Hall–Kier alpha value is -2.63. The van der Waals surface area contributed by atoms with E-state index in [9.17, 15) is 9.59 Å². The number of methoxy groups -OCH3 is 1. The van der Waals surface area contributed by atoms with Crippen molar-refractivity contribution in [2.45, 2.75) is 25.3 Å². The molecule has 0 radical (unpaired) electrons. The van der Waals surface area contributed by atoms with E-state index in [0.717, 1.165) is 24.1 Å². The largest absolute Gasteiger partial charge is 0.496 e. The Bertz CT molecular complexity index is 756. The van der Waals surface area contributed by atoms with Crippen LogP contribution in [-0.2, 0) is 11.2 Å². The van der Waals surface area contributed by atoms with Crippen LogP contribution >= 0.6 is 0 Å². The molecule has 1 amide bonds. The maximum atomic E-state index is 12.7. The van der Waals surface area contributed by atoms with E-state index >= 15 is 0 Å². The molecule has 0 spiro atoms. The van der Waals surface area contributed by atoms with Crippen LogP contribution in [-0.4, -0.2) is 34.4 Å². The summed E-state index contributed by atoms with van der Waals surface area (Å²) in [6, 6.07) is 9.20. The maximum Gasteiger partial charge on any atom is 0.345 e. The van der Waals surface area contributed by atoms with Crippen LogP contribution in [0.4, 0.5) is 0 Å². The number of hydrogen-bond acceptors (Lipinski definition) is 4. The molecule has 1 N–H and O–H groups in total. The third-order valence-corrected chi connectivity index (χ3v) is 4.16. The molecule has 1 atom stereocenters. The Morgan fingerprint density at radius 2 is 2.22 bits per heavy atom. The maximum absolute atomic E-state index is 12.7. The summed E-state index contributed by atoms with van der Waals surface area (Å²) in [5.41, 5.74) is 1.23. The van der Waals surface area contributed by atoms with Gasteiger partial charge in [0.1, 0.15) is 5.75 Å². The lowest BCUT2D eigenvalue weighted by Gasteiger charge is -2.25. The van der Waals surface area contributed by atoms with Crippen LogP contribution in [0, 0.1) is 0 Å². The predicted molar refractivity (Wildman–Crippen MR) is 85.2 cm³/mol. The summed E-state index contributed by atoms with van der Waals surface area (Å²) in [6.45, 7) is 0.697. The number of aromatic nitrogens is 2. The Kier molecular flexibility index (Phi) is 4.41. The first-order chi connectivity index (χ1) is 11.2. The van der Waals surface area contributed by atoms with Gasteiger partial charge in [-0.1, -0.05) is 18.2 Å². The summed E-state index contributed by atoms with van der Waals surface area (Å²) in [4.78, 5) is 32.3. The number of H-pyrrole nitrogens is 1. The number of likely N-dealkylation sites (tertiary alicyclic amines) is 1. The molecule has 1 aliphatic rings. The SMILES string of the molecule is COc1ccccc1CC(=O)N1CCC[C@H]1c1ccnc(=O)[nH]1. The highest BCUT2D eigenvalue weighted by Gasteiger charge is 2.30. The third kappa shape index (κ3) is 3.26. The highest BCUT2D eigenvalue weighted by molar-refractivity contribution is 5.80. The normalized spacial score (nSPS) is 17.3. The van der Waals surface area contributed by atoms with Gasteiger partial charge in [0.25, 0.3) is 0 Å². The number of aromatic amines is 1. The molecule has 6 nitrogen and oxygen atoms in total. The minimum absolute atomic E-state index is 0.0367. The Balaban J connectivity index is 1.80. The number of hydrogen-bond donors (Lipinski definition) is 1. The van der Waals surface area contributed by atoms with Gasteiger partial charge in [0, 0.05) is 24.0 Å². The van der Waals surface area contributed by atoms with Gasteiger partial charge in [-0.3, -0.25) is 4.79 Å². The average Bonchev–Trinajstić information content (AvgIpc) is 3.05. The highest BCUT2D eigenvalue weighted by atomic mass is 16.5. The molecule has 1 aromatic carbocycles. The second-order valence-electron chi connectivity index (χ2n) is 5.56. The molecular formula is C17H19N3O3. The summed E-state index contributed by atoms with van der Waals surface area (Å²) in [5.74, 6) is 0.753. The fraction of sp³-hybridized carbons (Fsp3) is 0.353. The molecular weight excluding hydrogens is 294 g/mol. The van der Waals surface area contributed by atoms with Crippen LogP contribution in [0.15, 0.2) is 41.3 Å². The molecule has 0 bridgehead atoms. The van der Waals surface area contributed by atoms with Crippen molar-refractivity contribution >= 4 is 5.91 Å².